The third-order valence-corrected chi connectivity index (χ3v) is 3.87. The van der Waals surface area contributed by atoms with Crippen molar-refractivity contribution in [2.24, 2.45) is 0 Å². The van der Waals surface area contributed by atoms with Crippen molar-refractivity contribution < 1.29 is 4.52 Å². The quantitative estimate of drug-likeness (QED) is 0.944. The third-order valence-electron chi connectivity index (χ3n) is 3.38. The molecule has 1 aliphatic rings. The molecule has 1 aromatic carbocycles. The number of nitrogens with one attached hydrogen (secondary N) is 1. The smallest absolute Gasteiger partial charge is 0.231 e. The minimum Gasteiger partial charge on any atom is -0.339 e. The van der Waals surface area contributed by atoms with E-state index in [9.17, 15) is 0 Å². The summed E-state index contributed by atoms with van der Waals surface area (Å²) in [6, 6.07) is 8.19. The molecule has 19 heavy (non-hydrogen) atoms. The van der Waals surface area contributed by atoms with Gasteiger partial charge in [0.2, 0.25) is 5.89 Å². The molecular formula is C14H16BrN3O. The fraction of sp³-hybridized carbons (Fsp3) is 0.429. The summed E-state index contributed by atoms with van der Waals surface area (Å²) >= 11 is 3.47. The average Bonchev–Trinajstić information content (AvgIpc) is 2.88. The number of hydrogen-bond acceptors (Lipinski definition) is 4. The van der Waals surface area contributed by atoms with Gasteiger partial charge >= 0.3 is 0 Å². The second-order valence-electron chi connectivity index (χ2n) is 4.90. The van der Waals surface area contributed by atoms with Crippen molar-refractivity contribution in [1.82, 2.24) is 15.5 Å². The van der Waals surface area contributed by atoms with Gasteiger partial charge in [-0.1, -0.05) is 33.2 Å². The number of nitrogens with zero attached hydrogens (tertiary/aromatic N) is 2. The van der Waals surface area contributed by atoms with Crippen LogP contribution in [0.2, 0.25) is 0 Å². The number of piperidine rings is 1. The van der Waals surface area contributed by atoms with Gasteiger partial charge < -0.3 is 9.84 Å². The summed E-state index contributed by atoms with van der Waals surface area (Å²) < 4.78 is 6.47. The highest BCUT2D eigenvalue weighted by atomic mass is 79.9. The fourth-order valence-corrected chi connectivity index (χ4v) is 2.84. The first-order valence-electron chi connectivity index (χ1n) is 6.59. The van der Waals surface area contributed by atoms with E-state index in [0.717, 1.165) is 35.7 Å². The average molecular weight is 322 g/mol. The Morgan fingerprint density at radius 3 is 3.16 bits per heavy atom. The number of rotatable bonds is 3. The van der Waals surface area contributed by atoms with Crippen molar-refractivity contribution in [2.75, 3.05) is 13.1 Å². The molecule has 1 fully saturated rings. The lowest BCUT2D eigenvalue weighted by Crippen LogP contribution is -2.28. The summed E-state index contributed by atoms with van der Waals surface area (Å²) in [5.74, 6) is 1.91. The number of benzene rings is 1. The van der Waals surface area contributed by atoms with Gasteiger partial charge in [-0.25, -0.2) is 0 Å². The lowest BCUT2D eigenvalue weighted by atomic mass is 10.00. The molecule has 0 spiro atoms. The van der Waals surface area contributed by atoms with Crippen LogP contribution in [0.15, 0.2) is 33.3 Å². The Morgan fingerprint density at radius 2 is 2.37 bits per heavy atom. The van der Waals surface area contributed by atoms with Crippen LogP contribution in [0.3, 0.4) is 0 Å². The van der Waals surface area contributed by atoms with Gasteiger partial charge in [-0.05, 0) is 37.1 Å². The molecule has 1 atom stereocenters. The van der Waals surface area contributed by atoms with Crippen LogP contribution in [-0.2, 0) is 6.42 Å². The van der Waals surface area contributed by atoms with Crippen LogP contribution in [0.25, 0.3) is 0 Å². The van der Waals surface area contributed by atoms with Gasteiger partial charge in [-0.3, -0.25) is 0 Å². The zero-order valence-corrected chi connectivity index (χ0v) is 12.2. The first-order chi connectivity index (χ1) is 9.31. The minimum atomic E-state index is 0.373. The second kappa shape index (κ2) is 5.84. The normalized spacial score (nSPS) is 19.5. The van der Waals surface area contributed by atoms with Crippen LogP contribution in [0.4, 0.5) is 0 Å². The van der Waals surface area contributed by atoms with E-state index in [-0.39, 0.29) is 0 Å². The van der Waals surface area contributed by atoms with Gasteiger partial charge in [0.05, 0.1) is 5.92 Å². The van der Waals surface area contributed by atoms with E-state index >= 15 is 0 Å². The molecule has 4 nitrogen and oxygen atoms in total. The van der Waals surface area contributed by atoms with Gasteiger partial charge in [0.1, 0.15) is 0 Å². The first kappa shape index (κ1) is 12.8. The Balaban J connectivity index is 1.70. The Morgan fingerprint density at radius 1 is 1.42 bits per heavy atom. The molecule has 5 heteroatoms. The standard InChI is InChI=1S/C14H16BrN3O/c15-12-5-1-3-10(7-12)8-13-17-14(19-18-13)11-4-2-6-16-9-11/h1,3,5,7,11,16H,2,4,6,8-9H2/t11-/m1/s1. The summed E-state index contributed by atoms with van der Waals surface area (Å²) in [5.41, 5.74) is 1.18. The van der Waals surface area contributed by atoms with Crippen molar-refractivity contribution in [3.8, 4) is 0 Å². The van der Waals surface area contributed by atoms with Crippen molar-refractivity contribution in [3.63, 3.8) is 0 Å². The van der Waals surface area contributed by atoms with Crippen LogP contribution in [0, 0.1) is 0 Å². The molecule has 0 unspecified atom stereocenters. The Bertz CT molecular complexity index is 549. The Labute approximate surface area is 120 Å². The number of hydrogen-bond donors (Lipinski definition) is 1. The predicted octanol–water partition coefficient (Wildman–Crippen LogP) is 2.89. The summed E-state index contributed by atoms with van der Waals surface area (Å²) in [5, 5.41) is 7.45. The molecule has 1 aliphatic heterocycles. The van der Waals surface area contributed by atoms with E-state index in [4.69, 9.17) is 4.52 Å². The molecule has 0 radical (unpaired) electrons. The molecule has 2 heterocycles. The van der Waals surface area contributed by atoms with E-state index in [1.54, 1.807) is 0 Å². The highest BCUT2D eigenvalue weighted by Crippen LogP contribution is 2.22. The second-order valence-corrected chi connectivity index (χ2v) is 5.81. The van der Waals surface area contributed by atoms with Gasteiger partial charge in [0.15, 0.2) is 5.82 Å². The van der Waals surface area contributed by atoms with Gasteiger partial charge in [0, 0.05) is 17.4 Å². The zero-order chi connectivity index (χ0) is 13.1. The lowest BCUT2D eigenvalue weighted by molar-refractivity contribution is 0.320. The molecule has 0 bridgehead atoms. The van der Waals surface area contributed by atoms with Crippen molar-refractivity contribution >= 4 is 15.9 Å². The molecule has 2 aromatic rings. The van der Waals surface area contributed by atoms with E-state index in [1.165, 1.54) is 12.0 Å². The SMILES string of the molecule is Brc1cccc(Cc2noc([C@@H]3CCCNC3)n2)c1. The maximum atomic E-state index is 5.39. The summed E-state index contributed by atoms with van der Waals surface area (Å²) in [4.78, 5) is 4.53. The van der Waals surface area contributed by atoms with Crippen molar-refractivity contribution in [1.29, 1.82) is 0 Å². The maximum absolute atomic E-state index is 5.39. The molecule has 1 saturated heterocycles. The van der Waals surface area contributed by atoms with Gasteiger partial charge in [0.25, 0.3) is 0 Å². The molecule has 0 amide bonds. The van der Waals surface area contributed by atoms with Gasteiger partial charge in [-0.2, -0.15) is 4.98 Å². The highest BCUT2D eigenvalue weighted by Gasteiger charge is 2.21. The highest BCUT2D eigenvalue weighted by molar-refractivity contribution is 9.10. The molecule has 3 rings (SSSR count). The summed E-state index contributed by atoms with van der Waals surface area (Å²) in [7, 11) is 0. The van der Waals surface area contributed by atoms with Gasteiger partial charge in [-0.15, -0.1) is 0 Å². The van der Waals surface area contributed by atoms with Crippen molar-refractivity contribution in [2.45, 2.75) is 25.2 Å². The molecule has 0 aliphatic carbocycles. The van der Waals surface area contributed by atoms with Crippen molar-refractivity contribution in [3.05, 3.63) is 46.0 Å². The Hall–Kier alpha value is -1.20. The van der Waals surface area contributed by atoms with Crippen LogP contribution in [0.1, 0.15) is 36.0 Å². The number of aromatic nitrogens is 2. The van der Waals surface area contributed by atoms with Crippen LogP contribution >= 0.6 is 15.9 Å². The molecule has 1 aromatic heterocycles. The van der Waals surface area contributed by atoms with E-state index in [0.29, 0.717) is 12.3 Å². The van der Waals surface area contributed by atoms with Crippen LogP contribution < -0.4 is 5.32 Å². The predicted molar refractivity (Wildman–Crippen MR) is 76.1 cm³/mol. The summed E-state index contributed by atoms with van der Waals surface area (Å²) in [6.07, 6.45) is 3.02. The fourth-order valence-electron chi connectivity index (χ4n) is 2.40. The van der Waals surface area contributed by atoms with Crippen LogP contribution in [-0.4, -0.2) is 23.2 Å². The molecule has 100 valence electrons. The molecule has 1 N–H and O–H groups in total. The van der Waals surface area contributed by atoms with E-state index < -0.39 is 0 Å². The zero-order valence-electron chi connectivity index (χ0n) is 10.6. The minimum absolute atomic E-state index is 0.373. The maximum Gasteiger partial charge on any atom is 0.231 e. The first-order valence-corrected chi connectivity index (χ1v) is 7.38. The third kappa shape index (κ3) is 3.22. The van der Waals surface area contributed by atoms with E-state index in [1.807, 2.05) is 12.1 Å². The van der Waals surface area contributed by atoms with Crippen LogP contribution in [0.5, 0.6) is 0 Å². The largest absolute Gasteiger partial charge is 0.339 e. The monoisotopic (exact) mass is 321 g/mol. The Kier molecular flexibility index (Phi) is 3.94. The molecule has 0 saturated carbocycles. The number of halogens is 1. The summed E-state index contributed by atoms with van der Waals surface area (Å²) in [6.45, 7) is 2.04. The lowest BCUT2D eigenvalue weighted by Gasteiger charge is -2.18. The molecular weight excluding hydrogens is 306 g/mol. The van der Waals surface area contributed by atoms with E-state index in [2.05, 4.69) is 43.5 Å². The topological polar surface area (TPSA) is 51.0 Å².